The van der Waals surface area contributed by atoms with Gasteiger partial charge >= 0.3 is 0 Å². The van der Waals surface area contributed by atoms with Gasteiger partial charge in [-0.05, 0) is 28.0 Å². The van der Waals surface area contributed by atoms with E-state index in [1.165, 1.54) is 0 Å². The molecule has 0 N–H and O–H groups in total. The largest absolute Gasteiger partial charge is 0.204 e. The fourth-order valence-corrected chi connectivity index (χ4v) is 0.525. The van der Waals surface area contributed by atoms with Crippen LogP contribution in [0.25, 0.3) is 0 Å². The van der Waals surface area contributed by atoms with Crippen LogP contribution < -0.4 is 0 Å². The maximum absolute atomic E-state index is 4.55. The van der Waals surface area contributed by atoms with Crippen LogP contribution in [0.3, 0.4) is 0 Å². The minimum Gasteiger partial charge on any atom is -0.204 e. The molecule has 0 saturated heterocycles. The van der Waals surface area contributed by atoms with Crippen molar-refractivity contribution in [2.45, 2.75) is 39.5 Å². The average molecular weight is 194 g/mol. The molecule has 0 spiro atoms. The Labute approximate surface area is 78.6 Å². The van der Waals surface area contributed by atoms with E-state index in [1.54, 1.807) is 0 Å². The summed E-state index contributed by atoms with van der Waals surface area (Å²) in [5.74, 6) is 0. The van der Waals surface area contributed by atoms with Gasteiger partial charge in [-0.25, -0.2) is 9.78 Å². The second kappa shape index (κ2) is 11.8. The van der Waals surface area contributed by atoms with Crippen LogP contribution in [-0.2, 0) is 24.9 Å². The Morgan fingerprint density at radius 2 is 1.15 bits per heavy atom. The summed E-state index contributed by atoms with van der Waals surface area (Å²) in [5.41, 5.74) is 0. The molecule has 0 aromatic carbocycles. The lowest BCUT2D eigenvalue weighted by molar-refractivity contribution is -0.708. The Morgan fingerprint density at radius 3 is 1.54 bits per heavy atom. The molecule has 0 amide bonds. The molecule has 0 aromatic rings. The molecule has 0 aliphatic heterocycles. The third-order valence-corrected chi connectivity index (χ3v) is 1.31. The van der Waals surface area contributed by atoms with Crippen LogP contribution in [0.5, 0.6) is 0 Å². The summed E-state index contributed by atoms with van der Waals surface area (Å²) in [4.78, 5) is 9.11. The highest BCUT2D eigenvalue weighted by Gasteiger charge is 1.91. The predicted octanol–water partition coefficient (Wildman–Crippen LogP) is 2.33. The van der Waals surface area contributed by atoms with Crippen LogP contribution in [-0.4, -0.2) is 13.2 Å². The Morgan fingerprint density at radius 1 is 0.692 bits per heavy atom. The topological polar surface area (TPSA) is 46.2 Å². The van der Waals surface area contributed by atoms with Crippen molar-refractivity contribution in [1.29, 1.82) is 0 Å². The van der Waals surface area contributed by atoms with Crippen LogP contribution in [0.1, 0.15) is 39.5 Å². The standard InChI is InChI=1S/C8H18O5/c1-3-5-7-9-11-13-12-10-8-6-4-2/h3-8H2,1-2H3. The van der Waals surface area contributed by atoms with Crippen LogP contribution in [0, 0.1) is 0 Å². The Hall–Kier alpha value is -0.200. The molecule has 5 heteroatoms. The zero-order chi connectivity index (χ0) is 9.78. The van der Waals surface area contributed by atoms with E-state index in [4.69, 9.17) is 0 Å². The van der Waals surface area contributed by atoms with Gasteiger partial charge < -0.3 is 0 Å². The minimum absolute atomic E-state index is 0.481. The Balaban J connectivity index is 2.76. The summed E-state index contributed by atoms with van der Waals surface area (Å²) >= 11 is 0. The average Bonchev–Trinajstić information content (AvgIpc) is 2.16. The van der Waals surface area contributed by atoms with E-state index in [2.05, 4.69) is 38.7 Å². The number of hydrogen-bond donors (Lipinski definition) is 0. The fourth-order valence-electron chi connectivity index (χ4n) is 0.525. The molecule has 0 radical (unpaired) electrons. The fraction of sp³-hybridized carbons (Fsp3) is 1.00. The highest BCUT2D eigenvalue weighted by molar-refractivity contribution is 4.25. The van der Waals surface area contributed by atoms with Crippen molar-refractivity contribution in [3.05, 3.63) is 0 Å². The summed E-state index contributed by atoms with van der Waals surface area (Å²) in [6.07, 6.45) is 3.91. The highest BCUT2D eigenvalue weighted by Crippen LogP contribution is 1.92. The van der Waals surface area contributed by atoms with Gasteiger partial charge in [0.25, 0.3) is 0 Å². The first-order valence-electron chi connectivity index (χ1n) is 4.66. The lowest BCUT2D eigenvalue weighted by atomic mass is 10.4. The van der Waals surface area contributed by atoms with Gasteiger partial charge in [-0.15, -0.1) is 0 Å². The van der Waals surface area contributed by atoms with Crippen molar-refractivity contribution in [2.24, 2.45) is 0 Å². The molecule has 0 heterocycles. The van der Waals surface area contributed by atoms with E-state index >= 15 is 0 Å². The molecular formula is C8H18O5. The first-order valence-corrected chi connectivity index (χ1v) is 4.66. The lowest BCUT2D eigenvalue weighted by Crippen LogP contribution is -2.01. The van der Waals surface area contributed by atoms with Crippen molar-refractivity contribution < 1.29 is 24.9 Å². The van der Waals surface area contributed by atoms with E-state index in [1.807, 2.05) is 0 Å². The summed E-state index contributed by atoms with van der Waals surface area (Å²) in [6, 6.07) is 0. The third kappa shape index (κ3) is 11.8. The molecule has 0 aromatic heterocycles. The second-order valence-corrected chi connectivity index (χ2v) is 2.56. The first kappa shape index (κ1) is 12.8. The van der Waals surface area contributed by atoms with E-state index in [0.29, 0.717) is 13.2 Å². The zero-order valence-electron chi connectivity index (χ0n) is 8.28. The second-order valence-electron chi connectivity index (χ2n) is 2.56. The van der Waals surface area contributed by atoms with E-state index in [9.17, 15) is 0 Å². The maximum Gasteiger partial charge on any atom is 0.0854 e. The van der Waals surface area contributed by atoms with Crippen LogP contribution in [0.2, 0.25) is 0 Å². The third-order valence-electron chi connectivity index (χ3n) is 1.31. The number of unbranched alkanes of at least 4 members (excludes halogenated alkanes) is 2. The van der Waals surface area contributed by atoms with Crippen molar-refractivity contribution in [2.75, 3.05) is 13.2 Å². The van der Waals surface area contributed by atoms with Gasteiger partial charge in [0.2, 0.25) is 0 Å². The Bertz CT molecular complexity index is 78.6. The highest BCUT2D eigenvalue weighted by atomic mass is 17.8. The van der Waals surface area contributed by atoms with Gasteiger partial charge in [-0.3, -0.25) is 0 Å². The Kier molecular flexibility index (Phi) is 11.6. The van der Waals surface area contributed by atoms with Gasteiger partial charge in [-0.2, -0.15) is 0 Å². The maximum atomic E-state index is 4.55. The molecule has 80 valence electrons. The van der Waals surface area contributed by atoms with Crippen LogP contribution in [0.15, 0.2) is 0 Å². The van der Waals surface area contributed by atoms with Crippen LogP contribution in [0.4, 0.5) is 0 Å². The number of rotatable bonds is 10. The molecule has 0 aliphatic rings. The molecule has 0 fully saturated rings. The SMILES string of the molecule is CCCCOOOOOCCCC. The van der Waals surface area contributed by atoms with Crippen molar-refractivity contribution >= 4 is 0 Å². The zero-order valence-corrected chi connectivity index (χ0v) is 8.28. The molecule has 0 unspecified atom stereocenters. The summed E-state index contributed by atoms with van der Waals surface area (Å²) in [6.45, 7) is 5.06. The monoisotopic (exact) mass is 194 g/mol. The van der Waals surface area contributed by atoms with E-state index < -0.39 is 0 Å². The van der Waals surface area contributed by atoms with Gasteiger partial charge in [-0.1, -0.05) is 26.7 Å². The molecular weight excluding hydrogens is 176 g/mol. The molecule has 0 bridgehead atoms. The quantitative estimate of drug-likeness (QED) is 0.303. The van der Waals surface area contributed by atoms with Gasteiger partial charge in [0, 0.05) is 0 Å². The molecule has 0 saturated carbocycles. The molecule has 0 aliphatic carbocycles. The lowest BCUT2D eigenvalue weighted by Gasteiger charge is -2.00. The molecule has 13 heavy (non-hydrogen) atoms. The van der Waals surface area contributed by atoms with Gasteiger partial charge in [0.05, 0.1) is 13.2 Å². The predicted molar refractivity (Wildman–Crippen MR) is 45.0 cm³/mol. The molecule has 0 rings (SSSR count). The first-order chi connectivity index (χ1) is 6.41. The minimum atomic E-state index is 0.481. The summed E-state index contributed by atoms with van der Waals surface area (Å²) in [5, 5.41) is 12.4. The van der Waals surface area contributed by atoms with Gasteiger partial charge in [0.1, 0.15) is 0 Å². The number of hydrogen-bond acceptors (Lipinski definition) is 5. The van der Waals surface area contributed by atoms with Crippen molar-refractivity contribution in [3.8, 4) is 0 Å². The van der Waals surface area contributed by atoms with Crippen molar-refractivity contribution in [1.82, 2.24) is 0 Å². The van der Waals surface area contributed by atoms with Crippen molar-refractivity contribution in [3.63, 3.8) is 0 Å². The molecule has 0 atom stereocenters. The van der Waals surface area contributed by atoms with E-state index in [0.717, 1.165) is 25.7 Å². The summed E-state index contributed by atoms with van der Waals surface area (Å²) < 4.78 is 0. The summed E-state index contributed by atoms with van der Waals surface area (Å²) in [7, 11) is 0. The van der Waals surface area contributed by atoms with Gasteiger partial charge in [0.15, 0.2) is 0 Å². The van der Waals surface area contributed by atoms with E-state index in [-0.39, 0.29) is 0 Å². The van der Waals surface area contributed by atoms with Crippen LogP contribution >= 0.6 is 0 Å². The molecule has 5 nitrogen and oxygen atoms in total. The normalized spacial score (nSPS) is 10.6. The smallest absolute Gasteiger partial charge is 0.0854 e.